The Bertz CT molecular complexity index is 513. The van der Waals surface area contributed by atoms with Gasteiger partial charge in [0.2, 0.25) is 0 Å². The van der Waals surface area contributed by atoms with Gasteiger partial charge in [-0.05, 0) is 30.3 Å². The molecule has 7 nitrogen and oxygen atoms in total. The molecule has 0 spiro atoms. The number of aromatic nitrogens is 6. The molecule has 2 aromatic heterocycles. The highest BCUT2D eigenvalue weighted by Crippen LogP contribution is 2.17. The van der Waals surface area contributed by atoms with E-state index >= 15 is 0 Å². The Hall–Kier alpha value is -1.76. The van der Waals surface area contributed by atoms with Crippen LogP contribution in [0.1, 0.15) is 38.3 Å². The fraction of sp³-hybridized carbons (Fsp3) is 0.636. The van der Waals surface area contributed by atoms with Crippen LogP contribution < -0.4 is 5.32 Å². The number of hydrogen-bond acceptors (Lipinski definition) is 5. The molecule has 1 atom stereocenters. The zero-order valence-electron chi connectivity index (χ0n) is 11.3. The van der Waals surface area contributed by atoms with Gasteiger partial charge in [-0.25, -0.2) is 0 Å². The van der Waals surface area contributed by atoms with Gasteiger partial charge in [-0.15, -0.1) is 5.10 Å². The van der Waals surface area contributed by atoms with Gasteiger partial charge < -0.3 is 5.32 Å². The van der Waals surface area contributed by atoms with Gasteiger partial charge in [-0.2, -0.15) is 9.78 Å². The predicted octanol–water partition coefficient (Wildman–Crippen LogP) is 0.629. The second-order valence-corrected chi connectivity index (χ2v) is 4.22. The first-order chi connectivity index (χ1) is 8.67. The maximum Gasteiger partial charge on any atom is 0.173 e. The molecule has 98 valence electrons. The third-order valence-electron chi connectivity index (χ3n) is 2.84. The van der Waals surface area contributed by atoms with E-state index in [1.807, 2.05) is 20.2 Å². The second-order valence-electron chi connectivity index (χ2n) is 4.22. The lowest BCUT2D eigenvalue weighted by atomic mass is 10.2. The van der Waals surface area contributed by atoms with Crippen molar-refractivity contribution in [1.29, 1.82) is 0 Å². The fourth-order valence-electron chi connectivity index (χ4n) is 1.98. The molecule has 0 aliphatic heterocycles. The molecule has 2 aromatic rings. The van der Waals surface area contributed by atoms with Gasteiger partial charge in [0.25, 0.3) is 0 Å². The Morgan fingerprint density at radius 3 is 2.83 bits per heavy atom. The smallest absolute Gasteiger partial charge is 0.173 e. The van der Waals surface area contributed by atoms with Crippen molar-refractivity contribution in [3.8, 4) is 5.69 Å². The molecule has 1 unspecified atom stereocenters. The first-order valence-electron chi connectivity index (χ1n) is 6.21. The predicted molar refractivity (Wildman–Crippen MR) is 67.4 cm³/mol. The van der Waals surface area contributed by atoms with E-state index in [0.29, 0.717) is 0 Å². The van der Waals surface area contributed by atoms with E-state index in [1.165, 1.54) is 0 Å². The zero-order valence-corrected chi connectivity index (χ0v) is 11.3. The number of nitrogens with zero attached hydrogens (tertiary/aromatic N) is 6. The average molecular weight is 249 g/mol. The Morgan fingerprint density at radius 1 is 1.39 bits per heavy atom. The summed E-state index contributed by atoms with van der Waals surface area (Å²) in [4.78, 5) is 0. The van der Waals surface area contributed by atoms with Crippen molar-refractivity contribution in [2.45, 2.75) is 33.2 Å². The molecule has 0 aromatic carbocycles. The molecule has 0 aliphatic rings. The van der Waals surface area contributed by atoms with Gasteiger partial charge >= 0.3 is 0 Å². The lowest BCUT2D eigenvalue weighted by Crippen LogP contribution is -2.21. The van der Waals surface area contributed by atoms with Gasteiger partial charge in [0.05, 0.1) is 17.9 Å². The van der Waals surface area contributed by atoms with E-state index in [0.717, 1.165) is 30.2 Å². The monoisotopic (exact) mass is 249 g/mol. The number of aryl methyl sites for hydroxylation is 2. The van der Waals surface area contributed by atoms with Crippen molar-refractivity contribution in [1.82, 2.24) is 35.3 Å². The van der Waals surface area contributed by atoms with Crippen molar-refractivity contribution in [3.63, 3.8) is 0 Å². The van der Waals surface area contributed by atoms with Crippen LogP contribution in [0.2, 0.25) is 0 Å². The average Bonchev–Trinajstić information content (AvgIpc) is 2.94. The van der Waals surface area contributed by atoms with Crippen LogP contribution >= 0.6 is 0 Å². The molecule has 2 heterocycles. The third-order valence-corrected chi connectivity index (χ3v) is 2.84. The summed E-state index contributed by atoms with van der Waals surface area (Å²) in [5.41, 5.74) is 1.94. The van der Waals surface area contributed by atoms with Crippen molar-refractivity contribution >= 4 is 0 Å². The standard InChI is InChI=1S/C11H19N7/c1-5-9-10(7-17(4)14-9)18-11(13-15-16-18)8(3)12-6-2/h7-8,12H,5-6H2,1-4H3. The number of rotatable bonds is 5. The van der Waals surface area contributed by atoms with E-state index in [1.54, 1.807) is 9.36 Å². The summed E-state index contributed by atoms with van der Waals surface area (Å²) in [6.45, 7) is 7.06. The highest BCUT2D eigenvalue weighted by atomic mass is 15.6. The van der Waals surface area contributed by atoms with Crippen LogP contribution in [0.3, 0.4) is 0 Å². The summed E-state index contributed by atoms with van der Waals surface area (Å²) in [5, 5.41) is 19.7. The lowest BCUT2D eigenvalue weighted by molar-refractivity contribution is 0.550. The lowest BCUT2D eigenvalue weighted by Gasteiger charge is -2.11. The first-order valence-corrected chi connectivity index (χ1v) is 6.21. The summed E-state index contributed by atoms with van der Waals surface area (Å²) in [6.07, 6.45) is 2.79. The number of nitrogens with one attached hydrogen (secondary N) is 1. The molecular formula is C11H19N7. The number of tetrazole rings is 1. The minimum Gasteiger partial charge on any atom is -0.308 e. The SMILES string of the molecule is CCNC(C)c1nnnn1-c1cn(C)nc1CC. The highest BCUT2D eigenvalue weighted by molar-refractivity contribution is 5.34. The molecule has 0 fully saturated rings. The summed E-state index contributed by atoms with van der Waals surface area (Å²) >= 11 is 0. The molecule has 0 saturated carbocycles. The van der Waals surface area contributed by atoms with Gasteiger partial charge in [-0.3, -0.25) is 4.68 Å². The quantitative estimate of drug-likeness (QED) is 0.841. The molecule has 18 heavy (non-hydrogen) atoms. The van der Waals surface area contributed by atoms with E-state index in [9.17, 15) is 0 Å². The molecule has 0 amide bonds. The molecule has 0 radical (unpaired) electrons. The van der Waals surface area contributed by atoms with Gasteiger partial charge in [0.15, 0.2) is 5.82 Å². The molecule has 2 rings (SSSR count). The minimum absolute atomic E-state index is 0.106. The van der Waals surface area contributed by atoms with Crippen LogP contribution in [-0.2, 0) is 13.5 Å². The maximum absolute atomic E-state index is 4.41. The van der Waals surface area contributed by atoms with Gasteiger partial charge in [0.1, 0.15) is 5.69 Å². The summed E-state index contributed by atoms with van der Waals surface area (Å²) in [6, 6.07) is 0.106. The van der Waals surface area contributed by atoms with Crippen LogP contribution in [0.5, 0.6) is 0 Å². The fourth-order valence-corrected chi connectivity index (χ4v) is 1.98. The molecule has 7 heteroatoms. The molecule has 0 saturated heterocycles. The summed E-state index contributed by atoms with van der Waals surface area (Å²) in [7, 11) is 1.90. The van der Waals surface area contributed by atoms with E-state index in [-0.39, 0.29) is 6.04 Å². The number of hydrogen-bond donors (Lipinski definition) is 1. The van der Waals surface area contributed by atoms with Crippen molar-refractivity contribution in [3.05, 3.63) is 17.7 Å². The largest absolute Gasteiger partial charge is 0.308 e. The molecule has 0 aliphatic carbocycles. The second kappa shape index (κ2) is 5.26. The van der Waals surface area contributed by atoms with Crippen LogP contribution in [0.4, 0.5) is 0 Å². The zero-order chi connectivity index (χ0) is 13.1. The van der Waals surface area contributed by atoms with E-state index in [2.05, 4.69) is 39.8 Å². The molecule has 1 N–H and O–H groups in total. The van der Waals surface area contributed by atoms with Crippen molar-refractivity contribution in [2.24, 2.45) is 7.05 Å². The van der Waals surface area contributed by atoms with Crippen LogP contribution in [0.15, 0.2) is 6.20 Å². The van der Waals surface area contributed by atoms with Crippen LogP contribution in [0.25, 0.3) is 5.69 Å². The van der Waals surface area contributed by atoms with Crippen LogP contribution in [0, 0.1) is 0 Å². The minimum atomic E-state index is 0.106. The van der Waals surface area contributed by atoms with E-state index < -0.39 is 0 Å². The van der Waals surface area contributed by atoms with Gasteiger partial charge in [-0.1, -0.05) is 13.8 Å². The molecular weight excluding hydrogens is 230 g/mol. The first kappa shape index (κ1) is 12.7. The van der Waals surface area contributed by atoms with Gasteiger partial charge in [0, 0.05) is 7.05 Å². The third kappa shape index (κ3) is 2.26. The summed E-state index contributed by atoms with van der Waals surface area (Å²) in [5.74, 6) is 0.805. The van der Waals surface area contributed by atoms with Crippen LogP contribution in [-0.4, -0.2) is 36.5 Å². The Balaban J connectivity index is 2.41. The molecule has 0 bridgehead atoms. The van der Waals surface area contributed by atoms with Crippen molar-refractivity contribution < 1.29 is 0 Å². The summed E-state index contributed by atoms with van der Waals surface area (Å²) < 4.78 is 3.55. The topological polar surface area (TPSA) is 73.5 Å². The maximum atomic E-state index is 4.41. The normalized spacial score (nSPS) is 12.9. The Labute approximate surface area is 106 Å². The highest BCUT2D eigenvalue weighted by Gasteiger charge is 2.18. The van der Waals surface area contributed by atoms with Crippen molar-refractivity contribution in [2.75, 3.05) is 6.54 Å². The van der Waals surface area contributed by atoms with E-state index in [4.69, 9.17) is 0 Å². The Kier molecular flexibility index (Phi) is 3.71. The Morgan fingerprint density at radius 2 is 2.17 bits per heavy atom.